The normalized spacial score (nSPS) is 15.2. The predicted molar refractivity (Wildman–Crippen MR) is 70.1 cm³/mol. The highest BCUT2D eigenvalue weighted by Gasteiger charge is 2.25. The fourth-order valence-electron chi connectivity index (χ4n) is 2.57. The second-order valence-corrected chi connectivity index (χ2v) is 5.04. The molecule has 0 aliphatic heterocycles. The lowest BCUT2D eigenvalue weighted by Gasteiger charge is -2.28. The van der Waals surface area contributed by atoms with Gasteiger partial charge in [0.25, 0.3) is 0 Å². The van der Waals surface area contributed by atoms with Crippen LogP contribution in [0.25, 0.3) is 11.3 Å². The van der Waals surface area contributed by atoms with Gasteiger partial charge in [0, 0.05) is 5.56 Å². The Morgan fingerprint density at radius 1 is 1.42 bits per heavy atom. The number of nitrogens with one attached hydrogen (secondary N) is 1. The molecule has 1 heterocycles. The van der Waals surface area contributed by atoms with Crippen molar-refractivity contribution in [3.63, 3.8) is 0 Å². The number of nitrogens with zero attached hydrogens (tertiary/aromatic N) is 2. The van der Waals surface area contributed by atoms with Gasteiger partial charge < -0.3 is 5.11 Å². The summed E-state index contributed by atoms with van der Waals surface area (Å²) in [6.07, 6.45) is 5.20. The summed E-state index contributed by atoms with van der Waals surface area (Å²) in [5, 5.41) is 19.7. The quantitative estimate of drug-likeness (QED) is 0.886. The molecule has 1 aliphatic rings. The van der Waals surface area contributed by atoms with Gasteiger partial charge in [0.05, 0.1) is 11.8 Å². The summed E-state index contributed by atoms with van der Waals surface area (Å²) in [4.78, 5) is 11.3. The number of carbonyl (C=O) groups is 1. The van der Waals surface area contributed by atoms with E-state index in [0.717, 1.165) is 24.0 Å². The monoisotopic (exact) mass is 257 g/mol. The molecule has 2 aromatic rings. The Bertz CT molecular complexity index is 616. The van der Waals surface area contributed by atoms with E-state index in [1.54, 1.807) is 12.3 Å². The van der Waals surface area contributed by atoms with Gasteiger partial charge in [-0.15, -0.1) is 0 Å². The number of aromatic carboxylic acids is 1. The lowest BCUT2D eigenvalue weighted by molar-refractivity contribution is 0.0696. The number of aromatic amines is 1. The summed E-state index contributed by atoms with van der Waals surface area (Å²) < 4.78 is 0. The maximum Gasteiger partial charge on any atom is 0.335 e. The molecule has 1 fully saturated rings. The Morgan fingerprint density at radius 2 is 2.21 bits per heavy atom. The Hall–Kier alpha value is -2.17. The molecule has 1 aromatic carbocycles. The minimum absolute atomic E-state index is 0.334. The lowest BCUT2D eigenvalue weighted by atomic mass is 9.76. The van der Waals surface area contributed by atoms with Gasteiger partial charge in [-0.25, -0.2) is 4.79 Å². The number of aryl methyl sites for hydroxylation is 1. The zero-order valence-electron chi connectivity index (χ0n) is 10.7. The number of carboxylic acids is 1. The number of hydrogen-bond acceptors (Lipinski definition) is 3. The van der Waals surface area contributed by atoms with Crippen LogP contribution in [0, 0.1) is 6.92 Å². The zero-order valence-corrected chi connectivity index (χ0v) is 10.7. The average Bonchev–Trinajstić information content (AvgIpc) is 2.79. The SMILES string of the molecule is Cc1cc(C2CCC2)c(-c2cn[nH]n2)cc1C(=O)O. The van der Waals surface area contributed by atoms with E-state index in [1.807, 2.05) is 13.0 Å². The molecule has 1 aromatic heterocycles. The van der Waals surface area contributed by atoms with Crippen molar-refractivity contribution in [1.29, 1.82) is 0 Å². The summed E-state index contributed by atoms with van der Waals surface area (Å²) in [7, 11) is 0. The number of hydrogen-bond donors (Lipinski definition) is 2. The first-order chi connectivity index (χ1) is 9.16. The number of rotatable bonds is 3. The van der Waals surface area contributed by atoms with E-state index in [2.05, 4.69) is 15.4 Å². The summed E-state index contributed by atoms with van der Waals surface area (Å²) in [5.41, 5.74) is 3.94. The molecule has 0 amide bonds. The van der Waals surface area contributed by atoms with Crippen molar-refractivity contribution in [2.24, 2.45) is 0 Å². The maximum atomic E-state index is 11.3. The molecule has 98 valence electrons. The highest BCUT2D eigenvalue weighted by molar-refractivity contribution is 5.91. The van der Waals surface area contributed by atoms with Gasteiger partial charge in [-0.1, -0.05) is 12.5 Å². The molecule has 0 atom stereocenters. The molecule has 2 N–H and O–H groups in total. The number of aromatic nitrogens is 3. The van der Waals surface area contributed by atoms with Crippen LogP contribution in [0.5, 0.6) is 0 Å². The third kappa shape index (κ3) is 2.01. The molecule has 0 saturated heterocycles. The topological polar surface area (TPSA) is 78.9 Å². The fourth-order valence-corrected chi connectivity index (χ4v) is 2.57. The van der Waals surface area contributed by atoms with E-state index in [-0.39, 0.29) is 0 Å². The first-order valence-electron chi connectivity index (χ1n) is 6.41. The highest BCUT2D eigenvalue weighted by atomic mass is 16.4. The van der Waals surface area contributed by atoms with Crippen LogP contribution >= 0.6 is 0 Å². The average molecular weight is 257 g/mol. The standard InChI is InChI=1S/C14H15N3O2/c1-8-5-11(9-3-2-4-9)12(6-10(8)14(18)19)13-7-15-17-16-13/h5-7,9H,2-4H2,1H3,(H,18,19)(H,15,16,17). The summed E-state index contributed by atoms with van der Waals surface area (Å²) in [5.74, 6) is -0.379. The Morgan fingerprint density at radius 3 is 2.74 bits per heavy atom. The summed E-state index contributed by atoms with van der Waals surface area (Å²) in [6.45, 7) is 1.85. The largest absolute Gasteiger partial charge is 0.478 e. The predicted octanol–water partition coefficient (Wildman–Crippen LogP) is 2.75. The van der Waals surface area contributed by atoms with Crippen molar-refractivity contribution in [3.05, 3.63) is 35.0 Å². The molecule has 1 aliphatic carbocycles. The van der Waals surface area contributed by atoms with Crippen LogP contribution in [0.1, 0.15) is 46.7 Å². The molecule has 1 saturated carbocycles. The van der Waals surface area contributed by atoms with Crippen LogP contribution in [-0.2, 0) is 0 Å². The van der Waals surface area contributed by atoms with Crippen LogP contribution in [0.3, 0.4) is 0 Å². The van der Waals surface area contributed by atoms with Crippen molar-refractivity contribution in [2.75, 3.05) is 0 Å². The lowest BCUT2D eigenvalue weighted by Crippen LogP contribution is -2.12. The van der Waals surface area contributed by atoms with E-state index < -0.39 is 5.97 Å². The molecule has 0 unspecified atom stereocenters. The minimum atomic E-state index is -0.901. The maximum absolute atomic E-state index is 11.3. The van der Waals surface area contributed by atoms with Crippen molar-refractivity contribution < 1.29 is 9.90 Å². The molecular weight excluding hydrogens is 242 g/mol. The van der Waals surface area contributed by atoms with Crippen LogP contribution < -0.4 is 0 Å². The number of benzene rings is 1. The molecule has 0 bridgehead atoms. The molecule has 5 nitrogen and oxygen atoms in total. The van der Waals surface area contributed by atoms with Crippen LogP contribution in [0.4, 0.5) is 0 Å². The van der Waals surface area contributed by atoms with Gasteiger partial charge in [-0.05, 0) is 42.9 Å². The van der Waals surface area contributed by atoms with Gasteiger partial charge >= 0.3 is 5.97 Å². The minimum Gasteiger partial charge on any atom is -0.478 e. The molecule has 19 heavy (non-hydrogen) atoms. The first kappa shape index (κ1) is 11.9. The second-order valence-electron chi connectivity index (χ2n) is 5.04. The summed E-state index contributed by atoms with van der Waals surface area (Å²) in [6, 6.07) is 3.72. The van der Waals surface area contributed by atoms with Crippen molar-refractivity contribution in [3.8, 4) is 11.3 Å². The van der Waals surface area contributed by atoms with Gasteiger partial charge in [0.15, 0.2) is 0 Å². The fraction of sp³-hybridized carbons (Fsp3) is 0.357. The Kier molecular flexibility index (Phi) is 2.81. The molecular formula is C14H15N3O2. The van der Waals surface area contributed by atoms with Crippen LogP contribution in [-0.4, -0.2) is 26.5 Å². The van der Waals surface area contributed by atoms with Crippen molar-refractivity contribution in [2.45, 2.75) is 32.1 Å². The van der Waals surface area contributed by atoms with Crippen LogP contribution in [0.2, 0.25) is 0 Å². The van der Waals surface area contributed by atoms with E-state index in [9.17, 15) is 9.90 Å². The second kappa shape index (κ2) is 4.50. The van der Waals surface area contributed by atoms with E-state index >= 15 is 0 Å². The van der Waals surface area contributed by atoms with Gasteiger partial charge in [-0.3, -0.25) is 0 Å². The highest BCUT2D eigenvalue weighted by Crippen LogP contribution is 2.41. The van der Waals surface area contributed by atoms with Crippen LogP contribution in [0.15, 0.2) is 18.3 Å². The van der Waals surface area contributed by atoms with E-state index in [0.29, 0.717) is 17.2 Å². The smallest absolute Gasteiger partial charge is 0.335 e. The molecule has 5 heteroatoms. The third-order valence-corrected chi connectivity index (χ3v) is 3.86. The van der Waals surface area contributed by atoms with Gasteiger partial charge in [0.2, 0.25) is 0 Å². The molecule has 3 rings (SSSR count). The van der Waals surface area contributed by atoms with Crippen molar-refractivity contribution >= 4 is 5.97 Å². The molecule has 0 radical (unpaired) electrons. The van der Waals surface area contributed by atoms with Gasteiger partial charge in [0.1, 0.15) is 5.69 Å². The number of H-pyrrole nitrogens is 1. The van der Waals surface area contributed by atoms with E-state index in [4.69, 9.17) is 0 Å². The zero-order chi connectivity index (χ0) is 13.4. The summed E-state index contributed by atoms with van der Waals surface area (Å²) >= 11 is 0. The van der Waals surface area contributed by atoms with Gasteiger partial charge in [-0.2, -0.15) is 15.4 Å². The Balaban J connectivity index is 2.17. The Labute approximate surface area is 110 Å². The van der Waals surface area contributed by atoms with E-state index in [1.165, 1.54) is 12.0 Å². The first-order valence-corrected chi connectivity index (χ1v) is 6.41. The van der Waals surface area contributed by atoms with Crippen molar-refractivity contribution in [1.82, 2.24) is 15.4 Å². The molecule has 0 spiro atoms. The number of carboxylic acid groups (broad SMARTS) is 1. The third-order valence-electron chi connectivity index (χ3n) is 3.86.